The summed E-state index contributed by atoms with van der Waals surface area (Å²) in [6, 6.07) is -0.743. The first kappa shape index (κ1) is 10.4. The Bertz CT molecular complexity index is 198. The van der Waals surface area contributed by atoms with Crippen LogP contribution >= 0.6 is 0 Å². The first-order valence-electron chi connectivity index (χ1n) is 4.46. The first-order chi connectivity index (χ1) is 6.06. The summed E-state index contributed by atoms with van der Waals surface area (Å²) in [4.78, 5) is 12.9. The highest BCUT2D eigenvalue weighted by Crippen LogP contribution is 2.19. The van der Waals surface area contributed by atoms with E-state index in [9.17, 15) is 9.18 Å². The van der Waals surface area contributed by atoms with Crippen LogP contribution in [0.5, 0.6) is 0 Å². The normalized spacial score (nSPS) is 30.6. The number of alkyl halides is 1. The van der Waals surface area contributed by atoms with Gasteiger partial charge in [0.2, 0.25) is 5.91 Å². The molecule has 4 N–H and O–H groups in total. The molecule has 0 spiro atoms. The molecule has 0 aliphatic carbocycles. The standard InChI is InChI=1S/C8H16FN3O/c1-5(11)8(13)12-4-6(9)2-7(12)3-10/h5-7H,2-4,10-11H2,1H3/t5-,6+,7+/m1/s1. The van der Waals surface area contributed by atoms with Crippen LogP contribution in [0.15, 0.2) is 0 Å². The lowest BCUT2D eigenvalue weighted by Crippen LogP contribution is -2.47. The molecule has 0 unspecified atom stereocenters. The van der Waals surface area contributed by atoms with E-state index in [1.807, 2.05) is 0 Å². The SMILES string of the molecule is C[C@@H](N)C(=O)N1C[C@@H](F)C[C@H]1CN. The summed E-state index contributed by atoms with van der Waals surface area (Å²) in [7, 11) is 0. The number of carbonyl (C=O) groups excluding carboxylic acids is 1. The Kier molecular flexibility index (Phi) is 3.22. The molecular formula is C8H16FN3O. The van der Waals surface area contributed by atoms with Gasteiger partial charge in [0.05, 0.1) is 12.6 Å². The summed E-state index contributed by atoms with van der Waals surface area (Å²) in [5.41, 5.74) is 10.8. The van der Waals surface area contributed by atoms with Crippen LogP contribution in [0.2, 0.25) is 0 Å². The van der Waals surface area contributed by atoms with Crippen molar-refractivity contribution in [2.75, 3.05) is 13.1 Å². The molecule has 0 aromatic heterocycles. The van der Waals surface area contributed by atoms with Crippen molar-refractivity contribution >= 4 is 5.91 Å². The van der Waals surface area contributed by atoms with Gasteiger partial charge >= 0.3 is 0 Å². The van der Waals surface area contributed by atoms with Crippen LogP contribution in [0.25, 0.3) is 0 Å². The van der Waals surface area contributed by atoms with Crippen molar-refractivity contribution < 1.29 is 9.18 Å². The van der Waals surface area contributed by atoms with Gasteiger partial charge < -0.3 is 16.4 Å². The molecule has 1 amide bonds. The minimum Gasteiger partial charge on any atom is -0.334 e. The van der Waals surface area contributed by atoms with E-state index in [1.165, 1.54) is 4.90 Å². The molecule has 0 bridgehead atoms. The topological polar surface area (TPSA) is 72.4 Å². The average molecular weight is 189 g/mol. The fourth-order valence-electron chi connectivity index (χ4n) is 1.61. The maximum atomic E-state index is 12.9. The summed E-state index contributed by atoms with van der Waals surface area (Å²) in [6.45, 7) is 2.04. The third-order valence-corrected chi connectivity index (χ3v) is 2.31. The van der Waals surface area contributed by atoms with E-state index in [-0.39, 0.29) is 18.5 Å². The smallest absolute Gasteiger partial charge is 0.239 e. The molecule has 4 nitrogen and oxygen atoms in total. The Hall–Kier alpha value is -0.680. The van der Waals surface area contributed by atoms with E-state index in [0.29, 0.717) is 13.0 Å². The number of likely N-dealkylation sites (tertiary alicyclic amines) is 1. The molecule has 1 aliphatic rings. The van der Waals surface area contributed by atoms with Crippen LogP contribution in [-0.4, -0.2) is 42.2 Å². The van der Waals surface area contributed by atoms with Gasteiger partial charge in [0.1, 0.15) is 6.17 Å². The second kappa shape index (κ2) is 4.02. The monoisotopic (exact) mass is 189 g/mol. The number of carbonyl (C=O) groups is 1. The number of nitrogens with zero attached hydrogens (tertiary/aromatic N) is 1. The number of halogens is 1. The third-order valence-electron chi connectivity index (χ3n) is 2.31. The van der Waals surface area contributed by atoms with Gasteiger partial charge in [-0.3, -0.25) is 4.79 Å². The Morgan fingerprint density at radius 2 is 2.38 bits per heavy atom. The van der Waals surface area contributed by atoms with Gasteiger partial charge in [-0.15, -0.1) is 0 Å². The van der Waals surface area contributed by atoms with Crippen LogP contribution in [0.1, 0.15) is 13.3 Å². The van der Waals surface area contributed by atoms with Gasteiger partial charge in [-0.2, -0.15) is 0 Å². The quantitative estimate of drug-likeness (QED) is 0.599. The second-order valence-corrected chi connectivity index (χ2v) is 3.50. The molecule has 0 radical (unpaired) electrons. The van der Waals surface area contributed by atoms with Crippen LogP contribution in [0.4, 0.5) is 4.39 Å². The Balaban J connectivity index is 2.62. The van der Waals surface area contributed by atoms with Crippen molar-refractivity contribution in [2.24, 2.45) is 11.5 Å². The van der Waals surface area contributed by atoms with Gasteiger partial charge in [-0.1, -0.05) is 0 Å². The minimum atomic E-state index is -0.948. The highest BCUT2D eigenvalue weighted by molar-refractivity contribution is 5.81. The van der Waals surface area contributed by atoms with E-state index in [0.717, 1.165) is 0 Å². The number of rotatable bonds is 2. The molecule has 13 heavy (non-hydrogen) atoms. The number of nitrogens with two attached hydrogens (primary N) is 2. The molecule has 1 saturated heterocycles. The third kappa shape index (κ3) is 2.16. The average Bonchev–Trinajstić information content (AvgIpc) is 2.45. The summed E-state index contributed by atoms with van der Waals surface area (Å²) in [5.74, 6) is -0.212. The zero-order chi connectivity index (χ0) is 10.0. The van der Waals surface area contributed by atoms with Crippen LogP contribution in [0.3, 0.4) is 0 Å². The van der Waals surface area contributed by atoms with E-state index in [4.69, 9.17) is 11.5 Å². The molecule has 5 heteroatoms. The zero-order valence-electron chi connectivity index (χ0n) is 7.74. The highest BCUT2D eigenvalue weighted by Gasteiger charge is 2.35. The molecule has 76 valence electrons. The molecule has 1 heterocycles. The fourth-order valence-corrected chi connectivity index (χ4v) is 1.61. The maximum Gasteiger partial charge on any atom is 0.239 e. The molecule has 3 atom stereocenters. The highest BCUT2D eigenvalue weighted by atomic mass is 19.1. The van der Waals surface area contributed by atoms with Gasteiger partial charge in [0.25, 0.3) is 0 Å². The largest absolute Gasteiger partial charge is 0.334 e. The lowest BCUT2D eigenvalue weighted by atomic mass is 10.2. The van der Waals surface area contributed by atoms with Crippen molar-refractivity contribution in [2.45, 2.75) is 31.6 Å². The van der Waals surface area contributed by atoms with Crippen LogP contribution in [-0.2, 0) is 4.79 Å². The summed E-state index contributed by atoms with van der Waals surface area (Å²) < 4.78 is 12.9. The lowest BCUT2D eigenvalue weighted by molar-refractivity contribution is -0.133. The van der Waals surface area contributed by atoms with Gasteiger partial charge in [0, 0.05) is 19.0 Å². The summed E-state index contributed by atoms with van der Waals surface area (Å²) in [6.07, 6.45) is -0.606. The van der Waals surface area contributed by atoms with Crippen molar-refractivity contribution in [1.29, 1.82) is 0 Å². The fraction of sp³-hybridized carbons (Fsp3) is 0.875. The predicted octanol–water partition coefficient (Wildman–Crippen LogP) is -0.769. The number of hydrogen-bond donors (Lipinski definition) is 2. The molecule has 1 fully saturated rings. The van der Waals surface area contributed by atoms with E-state index >= 15 is 0 Å². The van der Waals surface area contributed by atoms with Crippen molar-refractivity contribution in [1.82, 2.24) is 4.90 Å². The molecule has 0 aromatic carbocycles. The number of hydrogen-bond acceptors (Lipinski definition) is 3. The predicted molar refractivity (Wildman–Crippen MR) is 47.7 cm³/mol. The van der Waals surface area contributed by atoms with E-state index in [1.54, 1.807) is 6.92 Å². The van der Waals surface area contributed by atoms with Crippen molar-refractivity contribution in [3.8, 4) is 0 Å². The lowest BCUT2D eigenvalue weighted by Gasteiger charge is -2.24. The summed E-state index contributed by atoms with van der Waals surface area (Å²) in [5, 5.41) is 0. The van der Waals surface area contributed by atoms with E-state index < -0.39 is 12.2 Å². The van der Waals surface area contributed by atoms with Crippen molar-refractivity contribution in [3.05, 3.63) is 0 Å². The summed E-state index contributed by atoms with van der Waals surface area (Å²) >= 11 is 0. The molecule has 1 rings (SSSR count). The number of amides is 1. The van der Waals surface area contributed by atoms with Crippen LogP contribution in [0, 0.1) is 0 Å². The molecular weight excluding hydrogens is 173 g/mol. The Morgan fingerprint density at radius 1 is 1.77 bits per heavy atom. The molecule has 0 aromatic rings. The zero-order valence-corrected chi connectivity index (χ0v) is 7.74. The van der Waals surface area contributed by atoms with Gasteiger partial charge in [-0.25, -0.2) is 4.39 Å². The molecule has 0 saturated carbocycles. The maximum absolute atomic E-state index is 12.9. The van der Waals surface area contributed by atoms with Crippen LogP contribution < -0.4 is 11.5 Å². The minimum absolute atomic E-state index is 0.141. The van der Waals surface area contributed by atoms with Gasteiger partial charge in [0.15, 0.2) is 0 Å². The molecule has 1 aliphatic heterocycles. The Labute approximate surface area is 77.1 Å². The first-order valence-corrected chi connectivity index (χ1v) is 4.46. The van der Waals surface area contributed by atoms with Crippen molar-refractivity contribution in [3.63, 3.8) is 0 Å². The second-order valence-electron chi connectivity index (χ2n) is 3.50. The Morgan fingerprint density at radius 3 is 2.85 bits per heavy atom. The van der Waals surface area contributed by atoms with E-state index in [2.05, 4.69) is 0 Å². The van der Waals surface area contributed by atoms with Gasteiger partial charge in [-0.05, 0) is 6.92 Å².